The maximum atomic E-state index is 13.5. The lowest BCUT2D eigenvalue weighted by molar-refractivity contribution is -0.135. The predicted octanol–water partition coefficient (Wildman–Crippen LogP) is 1.19. The zero-order valence-electron chi connectivity index (χ0n) is 12.4. The summed E-state index contributed by atoms with van der Waals surface area (Å²) in [6.45, 7) is -0.657. The number of carboxylic acids is 1. The summed E-state index contributed by atoms with van der Waals surface area (Å²) in [6.07, 6.45) is 1.09. The molecule has 1 amide bonds. The van der Waals surface area contributed by atoms with E-state index in [1.54, 1.807) is 0 Å². The molecule has 0 spiro atoms. The van der Waals surface area contributed by atoms with E-state index >= 15 is 0 Å². The van der Waals surface area contributed by atoms with E-state index < -0.39 is 35.8 Å². The number of aliphatic carboxylic acids is 1. The second-order valence-corrected chi connectivity index (χ2v) is 5.02. The van der Waals surface area contributed by atoms with Gasteiger partial charge in [-0.05, 0) is 12.1 Å². The van der Waals surface area contributed by atoms with E-state index in [9.17, 15) is 23.5 Å². The molecule has 0 unspecified atom stereocenters. The van der Waals surface area contributed by atoms with Crippen LogP contribution in [0.25, 0.3) is 16.9 Å². The Balaban J connectivity index is 2.15. The fourth-order valence-corrected chi connectivity index (χ4v) is 2.34. The maximum absolute atomic E-state index is 13.5. The van der Waals surface area contributed by atoms with Crippen molar-refractivity contribution < 1.29 is 28.6 Å². The number of benzene rings is 1. The molecule has 2 heterocycles. The molecule has 8 nitrogen and oxygen atoms in total. The Bertz CT molecular complexity index is 982. The molecule has 0 fully saturated rings. The van der Waals surface area contributed by atoms with Gasteiger partial charge in [0.1, 0.15) is 35.8 Å². The molecule has 3 N–H and O–H groups in total. The van der Waals surface area contributed by atoms with E-state index in [1.165, 1.54) is 0 Å². The number of carbonyl (C=O) groups is 2. The fraction of sp³-hybridized carbons (Fsp3) is 0.0667. The standard InChI is InChI=1S/C15H10F2N4O4/c16-8-1-7(2-9(17)3-8)10-4-11(22)13(14-19-6-20-21(10)14)15(25)18-5-12(23)24/h1-4,6,22H,5H2,(H,18,25)(H,23,24). The topological polar surface area (TPSA) is 117 Å². The van der Waals surface area contributed by atoms with Crippen LogP contribution in [0.5, 0.6) is 5.75 Å². The molecule has 0 bridgehead atoms. The van der Waals surface area contributed by atoms with Crippen molar-refractivity contribution >= 4 is 17.5 Å². The lowest BCUT2D eigenvalue weighted by atomic mass is 10.1. The average molecular weight is 348 g/mol. The number of aromatic hydroxyl groups is 1. The smallest absolute Gasteiger partial charge is 0.322 e. The van der Waals surface area contributed by atoms with Gasteiger partial charge in [0.2, 0.25) is 0 Å². The zero-order chi connectivity index (χ0) is 18.1. The van der Waals surface area contributed by atoms with Crippen LogP contribution in [0.3, 0.4) is 0 Å². The number of hydrogen-bond donors (Lipinski definition) is 3. The number of hydrogen-bond acceptors (Lipinski definition) is 5. The minimum absolute atomic E-state index is 0.0702. The first kappa shape index (κ1) is 16.3. The minimum Gasteiger partial charge on any atom is -0.507 e. The highest BCUT2D eigenvalue weighted by atomic mass is 19.1. The molecule has 0 aliphatic heterocycles. The van der Waals surface area contributed by atoms with Gasteiger partial charge in [-0.3, -0.25) is 9.59 Å². The number of carbonyl (C=O) groups excluding carboxylic acids is 1. The number of aromatic nitrogens is 3. The Morgan fingerprint density at radius 2 is 1.84 bits per heavy atom. The van der Waals surface area contributed by atoms with Crippen molar-refractivity contribution in [2.75, 3.05) is 6.54 Å². The first-order valence-corrected chi connectivity index (χ1v) is 6.89. The van der Waals surface area contributed by atoms with E-state index in [-0.39, 0.29) is 22.5 Å². The lowest BCUT2D eigenvalue weighted by Crippen LogP contribution is -2.29. The highest BCUT2D eigenvalue weighted by Crippen LogP contribution is 2.30. The number of rotatable bonds is 4. The summed E-state index contributed by atoms with van der Waals surface area (Å²) in [5, 5.41) is 24.8. The van der Waals surface area contributed by atoms with Gasteiger partial charge in [0.25, 0.3) is 5.91 Å². The number of fused-ring (bicyclic) bond motifs is 1. The van der Waals surface area contributed by atoms with Crippen molar-refractivity contribution in [1.29, 1.82) is 0 Å². The fourth-order valence-electron chi connectivity index (χ4n) is 2.34. The minimum atomic E-state index is -1.27. The summed E-state index contributed by atoms with van der Waals surface area (Å²) in [6, 6.07) is 3.84. The molecule has 3 aromatic rings. The van der Waals surface area contributed by atoms with Gasteiger partial charge in [-0.1, -0.05) is 0 Å². The van der Waals surface area contributed by atoms with Gasteiger partial charge in [0.05, 0.1) is 5.69 Å². The summed E-state index contributed by atoms with van der Waals surface area (Å²) in [4.78, 5) is 26.5. The SMILES string of the molecule is O=C(O)CNC(=O)c1c(O)cc(-c2cc(F)cc(F)c2)n2ncnc12. The van der Waals surface area contributed by atoms with E-state index in [2.05, 4.69) is 15.4 Å². The van der Waals surface area contributed by atoms with Crippen molar-refractivity contribution in [2.24, 2.45) is 0 Å². The van der Waals surface area contributed by atoms with Gasteiger partial charge in [-0.25, -0.2) is 18.3 Å². The molecule has 2 aromatic heterocycles. The lowest BCUT2D eigenvalue weighted by Gasteiger charge is -2.11. The third-order valence-corrected chi connectivity index (χ3v) is 3.31. The number of nitrogens with one attached hydrogen (secondary N) is 1. The molecule has 25 heavy (non-hydrogen) atoms. The molecule has 0 aliphatic rings. The van der Waals surface area contributed by atoms with E-state index in [0.717, 1.165) is 29.0 Å². The first-order valence-electron chi connectivity index (χ1n) is 6.89. The van der Waals surface area contributed by atoms with E-state index in [1.807, 2.05) is 0 Å². The molecule has 1 aromatic carbocycles. The van der Waals surface area contributed by atoms with E-state index in [4.69, 9.17) is 5.11 Å². The van der Waals surface area contributed by atoms with Gasteiger partial charge in [-0.15, -0.1) is 0 Å². The van der Waals surface area contributed by atoms with Crippen molar-refractivity contribution in [3.05, 3.63) is 47.8 Å². The number of nitrogens with zero attached hydrogens (tertiary/aromatic N) is 3. The second kappa shape index (κ2) is 6.15. The first-order chi connectivity index (χ1) is 11.9. The monoisotopic (exact) mass is 348 g/mol. The quantitative estimate of drug-likeness (QED) is 0.652. The highest BCUT2D eigenvalue weighted by Gasteiger charge is 2.21. The maximum Gasteiger partial charge on any atom is 0.322 e. The van der Waals surface area contributed by atoms with Crippen LogP contribution in [0, 0.1) is 11.6 Å². The summed E-state index contributed by atoms with van der Waals surface area (Å²) >= 11 is 0. The zero-order valence-corrected chi connectivity index (χ0v) is 12.4. The number of pyridine rings is 1. The second-order valence-electron chi connectivity index (χ2n) is 5.02. The molecular formula is C15H10F2N4O4. The molecule has 0 atom stereocenters. The van der Waals surface area contributed by atoms with Crippen molar-refractivity contribution in [3.63, 3.8) is 0 Å². The molecule has 0 aliphatic carbocycles. The summed E-state index contributed by atoms with van der Waals surface area (Å²) in [7, 11) is 0. The van der Waals surface area contributed by atoms with Crippen LogP contribution in [-0.4, -0.2) is 43.2 Å². The third kappa shape index (κ3) is 3.09. The van der Waals surface area contributed by atoms with Crippen LogP contribution >= 0.6 is 0 Å². The normalized spacial score (nSPS) is 10.8. The Kier molecular flexibility index (Phi) is 4.01. The Morgan fingerprint density at radius 3 is 2.48 bits per heavy atom. The summed E-state index contributed by atoms with van der Waals surface area (Å²) in [5.41, 5.74) is -0.235. The third-order valence-electron chi connectivity index (χ3n) is 3.31. The molecule has 0 saturated heterocycles. The Labute approximate surface area is 138 Å². The van der Waals surface area contributed by atoms with Crippen LogP contribution in [0.1, 0.15) is 10.4 Å². The van der Waals surface area contributed by atoms with Gasteiger partial charge in [0.15, 0.2) is 5.65 Å². The molecule has 128 valence electrons. The van der Waals surface area contributed by atoms with Crippen LogP contribution in [0.15, 0.2) is 30.6 Å². The molecular weight excluding hydrogens is 338 g/mol. The molecule has 0 saturated carbocycles. The summed E-state index contributed by atoms with van der Waals surface area (Å²) < 4.78 is 28.0. The largest absolute Gasteiger partial charge is 0.507 e. The van der Waals surface area contributed by atoms with Crippen LogP contribution in [0.2, 0.25) is 0 Å². The molecule has 0 radical (unpaired) electrons. The summed E-state index contributed by atoms with van der Waals surface area (Å²) in [5.74, 6) is -4.34. The van der Waals surface area contributed by atoms with Gasteiger partial charge >= 0.3 is 5.97 Å². The van der Waals surface area contributed by atoms with Crippen molar-refractivity contribution in [2.45, 2.75) is 0 Å². The average Bonchev–Trinajstić information content (AvgIpc) is 2.99. The van der Waals surface area contributed by atoms with E-state index in [0.29, 0.717) is 6.07 Å². The van der Waals surface area contributed by atoms with Gasteiger partial charge in [-0.2, -0.15) is 5.10 Å². The number of carboxylic acid groups (broad SMARTS) is 1. The van der Waals surface area contributed by atoms with Crippen LogP contribution in [-0.2, 0) is 4.79 Å². The molecule has 3 rings (SSSR count). The highest BCUT2D eigenvalue weighted by molar-refractivity contribution is 6.03. The van der Waals surface area contributed by atoms with Gasteiger partial charge < -0.3 is 15.5 Å². The van der Waals surface area contributed by atoms with Crippen LogP contribution in [0.4, 0.5) is 8.78 Å². The Morgan fingerprint density at radius 1 is 1.16 bits per heavy atom. The number of halogens is 2. The predicted molar refractivity (Wildman–Crippen MR) is 80.0 cm³/mol. The van der Waals surface area contributed by atoms with Gasteiger partial charge in [0, 0.05) is 17.7 Å². The number of amides is 1. The Hall–Kier alpha value is -3.56. The van der Waals surface area contributed by atoms with Crippen molar-refractivity contribution in [1.82, 2.24) is 19.9 Å². The van der Waals surface area contributed by atoms with Crippen molar-refractivity contribution in [3.8, 4) is 17.0 Å². The van der Waals surface area contributed by atoms with Crippen LogP contribution < -0.4 is 5.32 Å². The molecule has 10 heteroatoms.